The molecule has 1 spiro atoms. The van der Waals surface area contributed by atoms with E-state index in [-0.39, 0.29) is 0 Å². The van der Waals surface area contributed by atoms with Gasteiger partial charge in [0.2, 0.25) is 0 Å². The highest BCUT2D eigenvalue weighted by atomic mass is 14.5. The smallest absolute Gasteiger partial charge is 0.0266 e. The highest BCUT2D eigenvalue weighted by Crippen LogP contribution is 2.59. The predicted octanol–water partition coefficient (Wildman–Crippen LogP) is 4.15. The van der Waals surface area contributed by atoms with Gasteiger partial charge in [0, 0.05) is 0 Å². The zero-order valence-corrected chi connectivity index (χ0v) is 8.73. The van der Waals surface area contributed by atoms with Crippen LogP contribution in [0.15, 0.2) is 0 Å². The summed E-state index contributed by atoms with van der Waals surface area (Å²) < 4.78 is 0. The Balaban J connectivity index is 1.85. The van der Waals surface area contributed by atoms with E-state index in [9.17, 15) is 0 Å². The first-order valence-electron chi connectivity index (χ1n) is 6.39. The number of hydrogen-bond acceptors (Lipinski definition) is 0. The quantitative estimate of drug-likeness (QED) is 0.523. The summed E-state index contributed by atoms with van der Waals surface area (Å²) in [6.45, 7) is 0. The summed E-state index contributed by atoms with van der Waals surface area (Å²) in [5.74, 6) is 2.29. The van der Waals surface area contributed by atoms with Crippen molar-refractivity contribution in [2.24, 2.45) is 17.3 Å². The molecule has 0 heteroatoms. The molecular weight excluding hydrogens is 156 g/mol. The van der Waals surface area contributed by atoms with Crippen LogP contribution in [0.4, 0.5) is 0 Å². The van der Waals surface area contributed by atoms with Crippen molar-refractivity contribution in [1.82, 2.24) is 0 Å². The summed E-state index contributed by atoms with van der Waals surface area (Å²) >= 11 is 0. The van der Waals surface area contributed by atoms with E-state index in [1.807, 2.05) is 0 Å². The van der Waals surface area contributed by atoms with Gasteiger partial charge in [-0.25, -0.2) is 0 Å². The van der Waals surface area contributed by atoms with Crippen molar-refractivity contribution in [1.29, 1.82) is 0 Å². The molecule has 0 aromatic rings. The van der Waals surface area contributed by atoms with Gasteiger partial charge in [-0.1, -0.05) is 25.7 Å². The Morgan fingerprint density at radius 2 is 1.62 bits per heavy atom. The van der Waals surface area contributed by atoms with E-state index in [4.69, 9.17) is 0 Å². The third-order valence-electron chi connectivity index (χ3n) is 5.25. The summed E-state index contributed by atoms with van der Waals surface area (Å²) in [5.41, 5.74) is 0.880. The fourth-order valence-electron chi connectivity index (χ4n) is 4.60. The van der Waals surface area contributed by atoms with Gasteiger partial charge in [0.05, 0.1) is 0 Å². The summed E-state index contributed by atoms with van der Waals surface area (Å²) in [7, 11) is 0. The van der Waals surface area contributed by atoms with Crippen LogP contribution in [-0.4, -0.2) is 0 Å². The molecular formula is C13H22. The van der Waals surface area contributed by atoms with Crippen LogP contribution in [0.25, 0.3) is 0 Å². The zero-order valence-electron chi connectivity index (χ0n) is 8.73. The maximum absolute atomic E-state index is 1.62. The predicted molar refractivity (Wildman–Crippen MR) is 55.6 cm³/mol. The Bertz CT molecular complexity index is 196. The van der Waals surface area contributed by atoms with E-state index in [2.05, 4.69) is 0 Å². The van der Waals surface area contributed by atoms with Gasteiger partial charge in [0.25, 0.3) is 0 Å². The topological polar surface area (TPSA) is 0 Å². The SMILES string of the molecule is C1CCC2CCCC23CCC(C1)C3. The van der Waals surface area contributed by atoms with E-state index in [0.717, 1.165) is 17.3 Å². The van der Waals surface area contributed by atoms with Gasteiger partial charge in [-0.3, -0.25) is 0 Å². The van der Waals surface area contributed by atoms with E-state index in [1.54, 1.807) is 57.8 Å². The second kappa shape index (κ2) is 3.00. The molecule has 0 amide bonds. The highest BCUT2D eigenvalue weighted by molar-refractivity contribution is 4.98. The molecule has 0 radical (unpaired) electrons. The molecule has 13 heavy (non-hydrogen) atoms. The van der Waals surface area contributed by atoms with Crippen LogP contribution < -0.4 is 0 Å². The molecule has 3 saturated carbocycles. The molecule has 0 N–H and O–H groups in total. The molecule has 2 bridgehead atoms. The Hall–Kier alpha value is 0. The Morgan fingerprint density at radius 3 is 2.62 bits per heavy atom. The first-order chi connectivity index (χ1) is 6.39. The molecule has 74 valence electrons. The van der Waals surface area contributed by atoms with Crippen LogP contribution in [0.1, 0.15) is 64.2 Å². The van der Waals surface area contributed by atoms with Crippen molar-refractivity contribution in [3.63, 3.8) is 0 Å². The Morgan fingerprint density at radius 1 is 0.769 bits per heavy atom. The molecule has 0 aromatic heterocycles. The molecule has 0 heterocycles. The first kappa shape index (κ1) is 8.32. The lowest BCUT2D eigenvalue weighted by Gasteiger charge is -2.33. The minimum Gasteiger partial charge on any atom is -0.0530 e. The van der Waals surface area contributed by atoms with E-state index in [0.29, 0.717) is 0 Å². The molecule has 0 nitrogen and oxygen atoms in total. The molecule has 3 aliphatic rings. The zero-order chi connectivity index (χ0) is 8.73. The standard InChI is InChI=1S/C13H22/c1-2-5-12-6-3-8-13(12)9-7-11(4-1)10-13/h11-12H,1-10H2. The van der Waals surface area contributed by atoms with E-state index < -0.39 is 0 Å². The van der Waals surface area contributed by atoms with Gasteiger partial charge >= 0.3 is 0 Å². The van der Waals surface area contributed by atoms with Crippen LogP contribution in [0.3, 0.4) is 0 Å². The fraction of sp³-hybridized carbons (Fsp3) is 1.00. The van der Waals surface area contributed by atoms with Gasteiger partial charge in [-0.15, -0.1) is 0 Å². The maximum Gasteiger partial charge on any atom is -0.0266 e. The monoisotopic (exact) mass is 178 g/mol. The van der Waals surface area contributed by atoms with Gasteiger partial charge in [0.15, 0.2) is 0 Å². The third kappa shape index (κ3) is 1.25. The number of rotatable bonds is 0. The van der Waals surface area contributed by atoms with Gasteiger partial charge in [-0.2, -0.15) is 0 Å². The lowest BCUT2D eigenvalue weighted by atomic mass is 9.72. The number of fused-ring (bicyclic) bond motifs is 1. The molecule has 3 unspecified atom stereocenters. The Labute approximate surface area is 82.1 Å². The van der Waals surface area contributed by atoms with Crippen molar-refractivity contribution in [2.45, 2.75) is 64.2 Å². The molecule has 3 fully saturated rings. The van der Waals surface area contributed by atoms with Crippen molar-refractivity contribution in [3.05, 3.63) is 0 Å². The van der Waals surface area contributed by atoms with Crippen molar-refractivity contribution < 1.29 is 0 Å². The second-order valence-corrected chi connectivity index (χ2v) is 5.84. The highest BCUT2D eigenvalue weighted by Gasteiger charge is 2.47. The molecule has 3 atom stereocenters. The van der Waals surface area contributed by atoms with Crippen molar-refractivity contribution >= 4 is 0 Å². The molecule has 0 saturated heterocycles. The molecule has 3 aliphatic carbocycles. The van der Waals surface area contributed by atoms with Crippen molar-refractivity contribution in [2.75, 3.05) is 0 Å². The summed E-state index contributed by atoms with van der Waals surface area (Å²) in [6.07, 6.45) is 15.7. The lowest BCUT2D eigenvalue weighted by molar-refractivity contribution is 0.171. The van der Waals surface area contributed by atoms with Crippen LogP contribution >= 0.6 is 0 Å². The minimum absolute atomic E-state index is 0.880. The van der Waals surface area contributed by atoms with Crippen LogP contribution in [0.5, 0.6) is 0 Å². The molecule has 0 aromatic carbocycles. The normalized spacial score (nSPS) is 49.8. The van der Waals surface area contributed by atoms with Gasteiger partial charge in [0.1, 0.15) is 0 Å². The fourth-order valence-corrected chi connectivity index (χ4v) is 4.60. The van der Waals surface area contributed by atoms with Gasteiger partial charge < -0.3 is 0 Å². The average Bonchev–Trinajstić information content (AvgIpc) is 2.66. The van der Waals surface area contributed by atoms with Crippen LogP contribution in [-0.2, 0) is 0 Å². The van der Waals surface area contributed by atoms with Gasteiger partial charge in [-0.05, 0) is 55.8 Å². The van der Waals surface area contributed by atoms with Crippen molar-refractivity contribution in [3.8, 4) is 0 Å². The lowest BCUT2D eigenvalue weighted by Crippen LogP contribution is -2.23. The molecule has 0 aliphatic heterocycles. The van der Waals surface area contributed by atoms with E-state index >= 15 is 0 Å². The first-order valence-corrected chi connectivity index (χ1v) is 6.39. The Kier molecular flexibility index (Phi) is 1.92. The second-order valence-electron chi connectivity index (χ2n) is 5.84. The number of hydrogen-bond donors (Lipinski definition) is 0. The summed E-state index contributed by atoms with van der Waals surface area (Å²) in [6, 6.07) is 0. The maximum atomic E-state index is 1.62. The summed E-state index contributed by atoms with van der Waals surface area (Å²) in [5, 5.41) is 0. The van der Waals surface area contributed by atoms with Crippen LogP contribution in [0.2, 0.25) is 0 Å². The van der Waals surface area contributed by atoms with E-state index in [1.165, 1.54) is 6.42 Å². The summed E-state index contributed by atoms with van der Waals surface area (Å²) in [4.78, 5) is 0. The largest absolute Gasteiger partial charge is 0.0530 e. The average molecular weight is 178 g/mol. The molecule has 3 rings (SSSR count). The minimum atomic E-state index is 0.880. The third-order valence-corrected chi connectivity index (χ3v) is 5.25. The van der Waals surface area contributed by atoms with Crippen LogP contribution in [0, 0.1) is 17.3 Å².